The molecule has 4 heterocycles. The Hall–Kier alpha value is -5.52. The molecule has 1 aliphatic heterocycles. The summed E-state index contributed by atoms with van der Waals surface area (Å²) in [5.41, 5.74) is 1.24. The molecule has 0 radical (unpaired) electrons. The Morgan fingerprint density at radius 3 is 2.32 bits per heavy atom. The van der Waals surface area contributed by atoms with Gasteiger partial charge in [0, 0.05) is 71.4 Å². The first-order valence-corrected chi connectivity index (χ1v) is 21.3. The minimum absolute atomic E-state index is 0.0349. The highest BCUT2D eigenvalue weighted by Crippen LogP contribution is 2.31. The van der Waals surface area contributed by atoms with Gasteiger partial charge in [0.15, 0.2) is 17.2 Å². The van der Waals surface area contributed by atoms with Crippen LogP contribution in [0.1, 0.15) is 104 Å². The number of Topliss-reactive ketones (excluding diaryl/α,β-unsaturated/α-hetero) is 1. The van der Waals surface area contributed by atoms with Crippen molar-refractivity contribution in [2.75, 3.05) is 21.3 Å². The van der Waals surface area contributed by atoms with Gasteiger partial charge < -0.3 is 42.2 Å². The van der Waals surface area contributed by atoms with Crippen molar-refractivity contribution < 1.29 is 61.3 Å². The number of amides is 1. The zero-order valence-corrected chi connectivity index (χ0v) is 37.6. The van der Waals surface area contributed by atoms with Crippen molar-refractivity contribution in [1.29, 1.82) is 0 Å². The van der Waals surface area contributed by atoms with E-state index >= 15 is 0 Å². The maximum Gasteiger partial charge on any atom is 0.308 e. The van der Waals surface area contributed by atoms with Gasteiger partial charge >= 0.3 is 11.9 Å². The topological polar surface area (TPSA) is 224 Å². The van der Waals surface area contributed by atoms with Crippen LogP contribution in [0, 0.1) is 23.7 Å². The number of aliphatic hydroxyl groups is 1. The largest absolute Gasteiger partial charge is 0.462 e. The van der Waals surface area contributed by atoms with E-state index in [1.165, 1.54) is 36.7 Å². The number of hydrogen-bond acceptors (Lipinski definition) is 16. The average Bonchev–Trinajstić information content (AvgIpc) is 4.06. The normalized spacial score (nSPS) is 23.5. The lowest BCUT2D eigenvalue weighted by Crippen LogP contribution is -2.39. The van der Waals surface area contributed by atoms with Gasteiger partial charge in [-0.2, -0.15) is 0 Å². The van der Waals surface area contributed by atoms with Crippen LogP contribution >= 0.6 is 0 Å². The summed E-state index contributed by atoms with van der Waals surface area (Å²) >= 11 is 0. The fourth-order valence-electron chi connectivity index (χ4n) is 7.24. The molecule has 1 aliphatic rings. The number of carbonyl (C=O) groups is 5. The minimum atomic E-state index is -1.13. The molecule has 0 saturated carbocycles. The summed E-state index contributed by atoms with van der Waals surface area (Å²) < 4.78 is 40.5. The summed E-state index contributed by atoms with van der Waals surface area (Å²) in [6, 6.07) is 0. The lowest BCUT2D eigenvalue weighted by Gasteiger charge is -2.33. The van der Waals surface area contributed by atoms with Crippen molar-refractivity contribution in [3.8, 4) is 23.2 Å². The third-order valence-corrected chi connectivity index (χ3v) is 11.6. The van der Waals surface area contributed by atoms with Gasteiger partial charge in [0.1, 0.15) is 36.8 Å². The number of oxazole rings is 3. The molecule has 1 amide bonds. The number of carbonyl (C=O) groups excluding carboxylic acids is 5. The maximum atomic E-state index is 13.5. The Labute approximate surface area is 368 Å². The Morgan fingerprint density at radius 2 is 1.62 bits per heavy atom. The second-order valence-electron chi connectivity index (χ2n) is 16.3. The van der Waals surface area contributed by atoms with Crippen LogP contribution in [0.2, 0.25) is 0 Å². The smallest absolute Gasteiger partial charge is 0.308 e. The first kappa shape index (κ1) is 50.1. The third kappa shape index (κ3) is 14.8. The first-order chi connectivity index (χ1) is 30.0. The number of cyclic esters (lactones) is 1. The quantitative estimate of drug-likeness (QED) is 0.121. The number of nitrogens with zero attached hydrogens (tertiary/aromatic N) is 4. The van der Waals surface area contributed by atoms with Gasteiger partial charge in [-0.3, -0.25) is 24.0 Å². The molecule has 10 atom stereocenters. The van der Waals surface area contributed by atoms with Crippen molar-refractivity contribution in [2.24, 2.45) is 23.7 Å². The van der Waals surface area contributed by atoms with E-state index in [9.17, 15) is 29.1 Å². The Morgan fingerprint density at radius 1 is 0.937 bits per heavy atom. The first-order valence-electron chi connectivity index (χ1n) is 21.3. The molecule has 344 valence electrons. The zero-order chi connectivity index (χ0) is 46.2. The van der Waals surface area contributed by atoms with Crippen LogP contribution in [0.4, 0.5) is 0 Å². The van der Waals surface area contributed by atoms with E-state index in [0.29, 0.717) is 36.3 Å². The molecule has 0 saturated heterocycles. The van der Waals surface area contributed by atoms with E-state index in [2.05, 4.69) is 15.0 Å². The number of allylic oxidation sites excluding steroid dienone is 1. The molecule has 3 aromatic rings. The van der Waals surface area contributed by atoms with E-state index in [4.69, 9.17) is 32.2 Å². The number of esters is 2. The Balaban J connectivity index is 1.53. The Kier molecular flexibility index (Phi) is 19.4. The molecular weight excluding hydrogens is 817 g/mol. The van der Waals surface area contributed by atoms with E-state index in [-0.39, 0.29) is 79.1 Å². The van der Waals surface area contributed by atoms with E-state index in [1.54, 1.807) is 59.5 Å². The molecule has 0 spiro atoms. The minimum Gasteiger partial charge on any atom is -0.462 e. The van der Waals surface area contributed by atoms with Gasteiger partial charge in [-0.15, -0.1) is 0 Å². The number of ether oxygens (including phenoxy) is 4. The monoisotopic (exact) mass is 878 g/mol. The van der Waals surface area contributed by atoms with Gasteiger partial charge in [-0.25, -0.2) is 15.0 Å². The number of fused-ring (bicyclic) bond motifs is 8. The summed E-state index contributed by atoms with van der Waals surface area (Å²) in [5.74, 6) is -2.75. The summed E-state index contributed by atoms with van der Waals surface area (Å²) in [4.78, 5) is 77.7. The van der Waals surface area contributed by atoms with Crippen molar-refractivity contribution in [3.63, 3.8) is 0 Å². The van der Waals surface area contributed by atoms with Crippen LogP contribution in [-0.4, -0.2) is 107 Å². The molecule has 3 aromatic heterocycles. The number of rotatable bonds is 15. The molecule has 10 unspecified atom stereocenters. The van der Waals surface area contributed by atoms with Crippen molar-refractivity contribution in [1.82, 2.24) is 19.9 Å². The van der Waals surface area contributed by atoms with Crippen LogP contribution in [0.3, 0.4) is 0 Å². The number of ketones is 2. The van der Waals surface area contributed by atoms with Crippen molar-refractivity contribution in [2.45, 2.75) is 123 Å². The molecular formula is C46H62N4O13. The lowest BCUT2D eigenvalue weighted by atomic mass is 9.85. The van der Waals surface area contributed by atoms with Gasteiger partial charge in [-0.05, 0) is 37.3 Å². The predicted octanol–water partition coefficient (Wildman–Crippen LogP) is 6.92. The molecule has 63 heavy (non-hydrogen) atoms. The SMILES string of the molecule is COC(CC1OC(=O)CC(O)CC=CC(=O)C(C)C(C)c2coc(n2)-c2coc(n2)-c2coc(n2)C=CCC(OC)C1C)C(C)CCC(=O)C(C)C(CC=CN(C)C=O)OC(C)=O. The summed E-state index contributed by atoms with van der Waals surface area (Å²) in [6.07, 6.45) is 12.3. The zero-order valence-electron chi connectivity index (χ0n) is 37.6. The van der Waals surface area contributed by atoms with Gasteiger partial charge in [0.05, 0.1) is 36.3 Å². The highest BCUT2D eigenvalue weighted by molar-refractivity contribution is 5.92. The van der Waals surface area contributed by atoms with Gasteiger partial charge in [0.25, 0.3) is 0 Å². The molecule has 17 nitrogen and oxygen atoms in total. The van der Waals surface area contributed by atoms with Crippen LogP contribution in [0.15, 0.2) is 62.5 Å². The Bertz CT molecular complexity index is 2050. The number of methoxy groups -OCH3 is 2. The second kappa shape index (κ2) is 24.4. The van der Waals surface area contributed by atoms with Gasteiger partial charge in [-0.1, -0.05) is 52.8 Å². The predicted molar refractivity (Wildman–Crippen MR) is 229 cm³/mol. The highest BCUT2D eigenvalue weighted by Gasteiger charge is 2.34. The summed E-state index contributed by atoms with van der Waals surface area (Å²) in [6.45, 7) is 10.5. The molecule has 0 fully saturated rings. The van der Waals surface area contributed by atoms with Crippen molar-refractivity contribution in [3.05, 3.63) is 60.9 Å². The van der Waals surface area contributed by atoms with Crippen LogP contribution in [0.25, 0.3) is 29.2 Å². The molecule has 4 rings (SSSR count). The standard InChI is InChI=1S/C46H62N4O13/c1-27(18-19-38(55)30(4)40(62-32(6)52)16-12-20-50(7)26-51)41(58-9)22-42-31(5)39(57-8)15-11-17-43-47-35(24-59-43)45-49-36(25-61-45)46-48-34(23-60-46)28(2)29(3)37(54)14-10-13-33(53)21-44(56)63-42/h10-12,14,17,20,23-31,33,39-42,53H,13,15-16,18-19,21-22H2,1-9H3. The van der Waals surface area contributed by atoms with E-state index < -0.39 is 54.3 Å². The highest BCUT2D eigenvalue weighted by atomic mass is 16.6. The second-order valence-corrected chi connectivity index (χ2v) is 16.3. The fraction of sp³-hybridized carbons (Fsp3) is 0.565. The number of hydrogen-bond donors (Lipinski definition) is 1. The molecule has 17 heteroatoms. The van der Waals surface area contributed by atoms with Gasteiger partial charge in [0.2, 0.25) is 24.1 Å². The van der Waals surface area contributed by atoms with Crippen LogP contribution < -0.4 is 0 Å². The summed E-state index contributed by atoms with van der Waals surface area (Å²) in [5, 5.41) is 10.9. The van der Waals surface area contributed by atoms with Crippen LogP contribution in [0.5, 0.6) is 0 Å². The number of aromatic nitrogens is 3. The average molecular weight is 879 g/mol. The van der Waals surface area contributed by atoms with E-state index in [1.807, 2.05) is 26.8 Å². The van der Waals surface area contributed by atoms with Crippen LogP contribution in [-0.2, 0) is 42.9 Å². The molecule has 0 aliphatic carbocycles. The third-order valence-electron chi connectivity index (χ3n) is 11.6. The maximum absolute atomic E-state index is 13.5. The lowest BCUT2D eigenvalue weighted by molar-refractivity contribution is -0.159. The molecule has 6 bridgehead atoms. The van der Waals surface area contributed by atoms with Crippen molar-refractivity contribution >= 4 is 36.0 Å². The molecule has 1 N–H and O–H groups in total. The molecule has 0 aromatic carbocycles. The fourth-order valence-corrected chi connectivity index (χ4v) is 7.24. The number of aliphatic hydroxyl groups excluding tert-OH is 1. The summed E-state index contributed by atoms with van der Waals surface area (Å²) in [7, 11) is 4.69. The van der Waals surface area contributed by atoms with E-state index in [0.717, 1.165) is 0 Å².